The van der Waals surface area contributed by atoms with Gasteiger partial charge >= 0.3 is 0 Å². The van der Waals surface area contributed by atoms with Gasteiger partial charge in [0.25, 0.3) is 0 Å². The molecular formula is C22H39B. The number of hydrogen-bond acceptors (Lipinski definition) is 0. The fourth-order valence-electron chi connectivity index (χ4n) is 4.92. The zero-order valence-electron chi connectivity index (χ0n) is 15.7. The summed E-state index contributed by atoms with van der Waals surface area (Å²) in [7, 11) is 1.58. The van der Waals surface area contributed by atoms with Gasteiger partial charge in [-0.2, -0.15) is 0 Å². The molecule has 0 N–H and O–H groups in total. The highest BCUT2D eigenvalue weighted by molar-refractivity contribution is 6.42. The summed E-state index contributed by atoms with van der Waals surface area (Å²) in [6, 6.07) is 0. The first-order valence-corrected chi connectivity index (χ1v) is 10.6. The fourth-order valence-corrected chi connectivity index (χ4v) is 4.92. The molecule has 0 nitrogen and oxygen atoms in total. The van der Waals surface area contributed by atoms with Crippen molar-refractivity contribution in [3.63, 3.8) is 0 Å². The average molecular weight is 314 g/mol. The van der Waals surface area contributed by atoms with Gasteiger partial charge in [-0.25, -0.2) is 0 Å². The van der Waals surface area contributed by atoms with Crippen LogP contribution < -0.4 is 0 Å². The molecule has 0 aromatic rings. The topological polar surface area (TPSA) is 0 Å². The average Bonchev–Trinajstić information content (AvgIpc) is 2.56. The summed E-state index contributed by atoms with van der Waals surface area (Å²) in [5, 5.41) is 0.786. The van der Waals surface area contributed by atoms with Crippen LogP contribution in [0.3, 0.4) is 0 Å². The lowest BCUT2D eigenvalue weighted by molar-refractivity contribution is 0.325. The molecule has 23 heavy (non-hydrogen) atoms. The van der Waals surface area contributed by atoms with E-state index >= 15 is 0 Å². The van der Waals surface area contributed by atoms with Crippen LogP contribution >= 0.6 is 0 Å². The van der Waals surface area contributed by atoms with Gasteiger partial charge in [0, 0.05) is 0 Å². The molecule has 0 unspecified atom stereocenters. The molecular weight excluding hydrogens is 275 g/mol. The molecule has 0 aromatic carbocycles. The molecule has 0 radical (unpaired) electrons. The highest BCUT2D eigenvalue weighted by atomic mass is 14.3. The molecule has 0 aromatic heterocycles. The maximum Gasteiger partial charge on any atom is 0.131 e. The lowest BCUT2D eigenvalue weighted by atomic mass is 9.35. The summed E-state index contributed by atoms with van der Waals surface area (Å²) in [6.45, 7) is 2.26. The summed E-state index contributed by atoms with van der Waals surface area (Å²) in [5.74, 6) is 1.10. The zero-order chi connectivity index (χ0) is 16.2. The maximum atomic E-state index is 2.43. The Kier molecular flexibility index (Phi) is 9.16. The first kappa shape index (κ1) is 18.9. The molecule has 0 spiro atoms. The molecule has 2 bridgehead atoms. The van der Waals surface area contributed by atoms with Crippen molar-refractivity contribution in [3.05, 3.63) is 24.3 Å². The van der Waals surface area contributed by atoms with Crippen molar-refractivity contribution < 1.29 is 0 Å². The van der Waals surface area contributed by atoms with Crippen molar-refractivity contribution in [1.82, 2.24) is 0 Å². The fraction of sp³-hybridized carbons (Fsp3) is 0.818. The minimum absolute atomic E-state index is 0.786. The summed E-state index contributed by atoms with van der Waals surface area (Å²) in [5.41, 5.74) is 0. The molecule has 1 heteroatoms. The second kappa shape index (κ2) is 11.2. The van der Waals surface area contributed by atoms with Crippen molar-refractivity contribution in [2.45, 2.75) is 114 Å². The van der Waals surface area contributed by atoms with Crippen LogP contribution in [0.25, 0.3) is 0 Å². The monoisotopic (exact) mass is 314 g/mol. The van der Waals surface area contributed by atoms with E-state index in [2.05, 4.69) is 31.2 Å². The van der Waals surface area contributed by atoms with Crippen LogP contribution in [-0.2, 0) is 0 Å². The number of unbranched alkanes of at least 4 members (excludes halogenated alkanes) is 5. The van der Waals surface area contributed by atoms with E-state index in [1.165, 1.54) is 83.5 Å². The first-order chi connectivity index (χ1) is 11.3. The molecule has 0 amide bonds. The Morgan fingerprint density at radius 2 is 1.43 bits per heavy atom. The van der Waals surface area contributed by atoms with E-state index < -0.39 is 0 Å². The van der Waals surface area contributed by atoms with Crippen LogP contribution in [-0.4, -0.2) is 7.28 Å². The predicted molar refractivity (Wildman–Crippen MR) is 107 cm³/mol. The summed E-state index contributed by atoms with van der Waals surface area (Å²) in [6.07, 6.45) is 30.9. The van der Waals surface area contributed by atoms with E-state index in [-0.39, 0.29) is 0 Å². The van der Waals surface area contributed by atoms with Crippen LogP contribution in [0.5, 0.6) is 0 Å². The third kappa shape index (κ3) is 7.31. The van der Waals surface area contributed by atoms with Gasteiger partial charge in [0.15, 0.2) is 0 Å². The molecule has 0 saturated carbocycles. The molecule has 2 saturated heterocycles. The minimum Gasteiger partial charge on any atom is -0.0885 e. The van der Waals surface area contributed by atoms with E-state index in [0.717, 1.165) is 11.1 Å². The van der Waals surface area contributed by atoms with Gasteiger partial charge in [-0.15, -0.1) is 0 Å². The first-order valence-electron chi connectivity index (χ1n) is 10.6. The van der Waals surface area contributed by atoms with Crippen LogP contribution in [0.15, 0.2) is 24.3 Å². The summed E-state index contributed by atoms with van der Waals surface area (Å²) < 4.78 is 0. The molecule has 2 rings (SSSR count). The third-order valence-corrected chi connectivity index (χ3v) is 6.25. The van der Waals surface area contributed by atoms with Crippen LogP contribution in [0.4, 0.5) is 0 Å². The van der Waals surface area contributed by atoms with Crippen LogP contribution in [0, 0.1) is 0 Å². The molecule has 2 aliphatic rings. The van der Waals surface area contributed by atoms with Crippen molar-refractivity contribution in [1.29, 1.82) is 0 Å². The zero-order valence-corrected chi connectivity index (χ0v) is 15.7. The van der Waals surface area contributed by atoms with Crippen molar-refractivity contribution in [2.75, 3.05) is 0 Å². The van der Waals surface area contributed by atoms with Crippen LogP contribution in [0.1, 0.15) is 103 Å². The van der Waals surface area contributed by atoms with E-state index in [9.17, 15) is 0 Å². The second-order valence-electron chi connectivity index (χ2n) is 8.26. The van der Waals surface area contributed by atoms with E-state index in [0.29, 0.717) is 0 Å². The van der Waals surface area contributed by atoms with Gasteiger partial charge < -0.3 is 0 Å². The number of hydrogen-bond donors (Lipinski definition) is 0. The van der Waals surface area contributed by atoms with Crippen molar-refractivity contribution >= 4 is 7.28 Å². The molecule has 2 aliphatic heterocycles. The minimum atomic E-state index is 0.786. The third-order valence-electron chi connectivity index (χ3n) is 6.25. The molecule has 130 valence electrons. The standard InChI is InChI=1S/C22H39B/c1-2-3-4-5-6-7-8-9-10-11-12-13-18-22-19-14-16-21(23-22)17-15-20-22/h5-6,9-10,21,23H,2-4,7-8,11-20H2,1H3. The van der Waals surface area contributed by atoms with Gasteiger partial charge in [0.2, 0.25) is 0 Å². The Bertz CT molecular complexity index is 345. The lowest BCUT2D eigenvalue weighted by Crippen LogP contribution is -2.32. The lowest BCUT2D eigenvalue weighted by Gasteiger charge is -2.44. The molecule has 2 heterocycles. The van der Waals surface area contributed by atoms with Crippen LogP contribution in [0.2, 0.25) is 11.1 Å². The molecule has 0 aliphatic carbocycles. The Hall–Kier alpha value is -0.455. The molecule has 0 atom stereocenters. The largest absolute Gasteiger partial charge is 0.131 e. The quantitative estimate of drug-likeness (QED) is 0.212. The van der Waals surface area contributed by atoms with Gasteiger partial charge in [-0.05, 0) is 32.1 Å². The highest BCUT2D eigenvalue weighted by Crippen LogP contribution is 2.54. The maximum absolute atomic E-state index is 2.43. The molecule has 2 fully saturated rings. The number of allylic oxidation sites excluding steroid dienone is 4. The van der Waals surface area contributed by atoms with Gasteiger partial charge in [-0.3, -0.25) is 0 Å². The van der Waals surface area contributed by atoms with E-state index in [4.69, 9.17) is 0 Å². The van der Waals surface area contributed by atoms with Gasteiger partial charge in [0.05, 0.1) is 0 Å². The van der Waals surface area contributed by atoms with Crippen molar-refractivity contribution in [3.8, 4) is 0 Å². The Labute approximate surface area is 146 Å². The number of fused-ring (bicyclic) bond motifs is 2. The van der Waals surface area contributed by atoms with Gasteiger partial charge in [-0.1, -0.05) is 107 Å². The normalized spacial score (nSPS) is 27.6. The number of rotatable bonds is 11. The van der Waals surface area contributed by atoms with Crippen molar-refractivity contribution in [2.24, 2.45) is 0 Å². The van der Waals surface area contributed by atoms with E-state index in [1.807, 2.05) is 0 Å². The Morgan fingerprint density at radius 1 is 0.826 bits per heavy atom. The second-order valence-corrected chi connectivity index (χ2v) is 8.26. The SMILES string of the molecule is CCCCC=CCCC=CCCCCC12BC(CCC1)CCC2. The highest BCUT2D eigenvalue weighted by Gasteiger charge is 2.39. The smallest absolute Gasteiger partial charge is 0.0885 e. The van der Waals surface area contributed by atoms with Gasteiger partial charge in [0.1, 0.15) is 7.28 Å². The Morgan fingerprint density at radius 3 is 2.09 bits per heavy atom. The Balaban J connectivity index is 1.47. The predicted octanol–water partition coefficient (Wildman–Crippen LogP) is 7.38. The van der Waals surface area contributed by atoms with E-state index in [1.54, 1.807) is 20.1 Å². The summed E-state index contributed by atoms with van der Waals surface area (Å²) in [4.78, 5) is 0. The summed E-state index contributed by atoms with van der Waals surface area (Å²) >= 11 is 0.